The smallest absolute Gasteiger partial charge is 0.321 e. The Kier molecular flexibility index (Phi) is 7.96. The van der Waals surface area contributed by atoms with E-state index in [1.165, 1.54) is 0 Å². The van der Waals surface area contributed by atoms with Gasteiger partial charge in [0.25, 0.3) is 0 Å². The van der Waals surface area contributed by atoms with E-state index < -0.39 is 0 Å². The maximum atomic E-state index is 13.5. The molecule has 0 saturated carbocycles. The Bertz CT molecular complexity index is 1200. The van der Waals surface area contributed by atoms with Gasteiger partial charge in [-0.05, 0) is 53.9 Å². The van der Waals surface area contributed by atoms with Gasteiger partial charge in [0, 0.05) is 44.0 Å². The zero-order valence-electron chi connectivity index (χ0n) is 20.8. The molecule has 3 heterocycles. The molecule has 1 atom stereocenters. The number of rotatable bonds is 10. The predicted octanol–water partition coefficient (Wildman–Crippen LogP) is 3.80. The van der Waals surface area contributed by atoms with Gasteiger partial charge in [0.05, 0.1) is 31.9 Å². The van der Waals surface area contributed by atoms with Crippen LogP contribution in [-0.4, -0.2) is 54.7 Å². The molecule has 2 fully saturated rings. The van der Waals surface area contributed by atoms with E-state index in [1.54, 1.807) is 11.1 Å². The first kappa shape index (κ1) is 24.8. The number of urea groups is 1. The Morgan fingerprint density at radius 2 is 1.97 bits per heavy atom. The van der Waals surface area contributed by atoms with Crippen LogP contribution in [0.1, 0.15) is 23.2 Å². The third-order valence-electron chi connectivity index (χ3n) is 6.67. The molecular formula is C29H32N4O4. The molecule has 2 aromatic carbocycles. The van der Waals surface area contributed by atoms with E-state index in [9.17, 15) is 9.59 Å². The normalized spacial score (nSPS) is 17.0. The van der Waals surface area contributed by atoms with Crippen molar-refractivity contribution in [2.24, 2.45) is 5.92 Å². The number of carbonyl (C=O) groups excluding carboxylic acids is 2. The summed E-state index contributed by atoms with van der Waals surface area (Å²) in [5, 5.41) is 2.81. The van der Waals surface area contributed by atoms with Gasteiger partial charge in [-0.15, -0.1) is 0 Å². The van der Waals surface area contributed by atoms with E-state index in [2.05, 4.69) is 10.3 Å². The number of carbonyl (C=O) groups is 2. The Morgan fingerprint density at radius 1 is 1.08 bits per heavy atom. The van der Waals surface area contributed by atoms with Gasteiger partial charge in [-0.2, -0.15) is 0 Å². The summed E-state index contributed by atoms with van der Waals surface area (Å²) in [6.07, 6.45) is 3.03. The van der Waals surface area contributed by atoms with E-state index in [-0.39, 0.29) is 18.4 Å². The lowest BCUT2D eigenvalue weighted by Gasteiger charge is -2.23. The molecule has 3 amide bonds. The fourth-order valence-electron chi connectivity index (χ4n) is 4.60. The molecule has 2 aliphatic heterocycles. The quantitative estimate of drug-likeness (QED) is 0.458. The second kappa shape index (κ2) is 11.9. The zero-order chi connectivity index (χ0) is 25.5. The number of hydrogen-bond acceptors (Lipinski definition) is 5. The first-order valence-corrected chi connectivity index (χ1v) is 12.8. The van der Waals surface area contributed by atoms with Crippen LogP contribution in [0, 0.1) is 5.92 Å². The zero-order valence-corrected chi connectivity index (χ0v) is 20.8. The highest BCUT2D eigenvalue weighted by Crippen LogP contribution is 2.21. The topological polar surface area (TPSA) is 84.0 Å². The molecule has 37 heavy (non-hydrogen) atoms. The average molecular weight is 501 g/mol. The first-order chi connectivity index (χ1) is 18.1. The number of benzene rings is 2. The van der Waals surface area contributed by atoms with Crippen molar-refractivity contribution in [2.45, 2.75) is 25.9 Å². The molecule has 0 radical (unpaired) electrons. The summed E-state index contributed by atoms with van der Waals surface area (Å²) in [4.78, 5) is 33.4. The third-order valence-corrected chi connectivity index (χ3v) is 6.67. The van der Waals surface area contributed by atoms with E-state index in [0.29, 0.717) is 38.7 Å². The van der Waals surface area contributed by atoms with Crippen molar-refractivity contribution in [1.29, 1.82) is 0 Å². The monoisotopic (exact) mass is 500 g/mol. The van der Waals surface area contributed by atoms with Crippen LogP contribution < -0.4 is 15.0 Å². The highest BCUT2D eigenvalue weighted by atomic mass is 16.5. The van der Waals surface area contributed by atoms with Crippen molar-refractivity contribution in [1.82, 2.24) is 15.2 Å². The van der Waals surface area contributed by atoms with Crippen molar-refractivity contribution < 1.29 is 19.1 Å². The minimum atomic E-state index is -0.0897. The number of ether oxygens (including phenoxy) is 2. The molecule has 8 heteroatoms. The van der Waals surface area contributed by atoms with Crippen LogP contribution in [0.3, 0.4) is 0 Å². The highest BCUT2D eigenvalue weighted by Gasteiger charge is 2.22. The number of amides is 3. The molecular weight excluding hydrogens is 468 g/mol. The Hall–Kier alpha value is -3.91. The molecule has 2 saturated heterocycles. The van der Waals surface area contributed by atoms with Crippen molar-refractivity contribution >= 4 is 17.6 Å². The van der Waals surface area contributed by atoms with Gasteiger partial charge in [0.15, 0.2) is 0 Å². The number of aromatic nitrogens is 1. The second-order valence-corrected chi connectivity index (χ2v) is 9.49. The average Bonchev–Trinajstić information content (AvgIpc) is 3.60. The second-order valence-electron chi connectivity index (χ2n) is 9.49. The Balaban J connectivity index is 1.27. The van der Waals surface area contributed by atoms with Gasteiger partial charge in [0.2, 0.25) is 5.91 Å². The summed E-state index contributed by atoms with van der Waals surface area (Å²) in [6, 6.07) is 21.2. The number of hydrogen-bond donors (Lipinski definition) is 1. The molecule has 0 aliphatic carbocycles. The number of nitrogens with zero attached hydrogens (tertiary/aromatic N) is 3. The van der Waals surface area contributed by atoms with Crippen LogP contribution in [0.15, 0.2) is 72.9 Å². The maximum Gasteiger partial charge on any atom is 0.321 e. The number of nitrogens with one attached hydrogen (secondary N) is 1. The lowest BCUT2D eigenvalue weighted by Crippen LogP contribution is -2.32. The first-order valence-electron chi connectivity index (χ1n) is 12.8. The SMILES string of the molecule is O=C(Cc1ccc(N2CCNC2=O)cc1)N(Cc1cccc(OCC2CCOC2)c1)Cc1ccccn1. The van der Waals surface area contributed by atoms with Crippen LogP contribution in [0.25, 0.3) is 0 Å². The molecule has 5 rings (SSSR count). The van der Waals surface area contributed by atoms with Gasteiger partial charge >= 0.3 is 6.03 Å². The molecule has 1 N–H and O–H groups in total. The molecule has 8 nitrogen and oxygen atoms in total. The largest absolute Gasteiger partial charge is 0.493 e. The lowest BCUT2D eigenvalue weighted by atomic mass is 10.1. The highest BCUT2D eigenvalue weighted by molar-refractivity contribution is 5.94. The van der Waals surface area contributed by atoms with Gasteiger partial charge in [0.1, 0.15) is 5.75 Å². The van der Waals surface area contributed by atoms with Crippen molar-refractivity contribution in [2.75, 3.05) is 37.8 Å². The van der Waals surface area contributed by atoms with Crippen LogP contribution in [-0.2, 0) is 29.0 Å². The molecule has 2 aliphatic rings. The third kappa shape index (κ3) is 6.65. The molecule has 0 bridgehead atoms. The van der Waals surface area contributed by atoms with E-state index in [1.807, 2.05) is 71.6 Å². The van der Waals surface area contributed by atoms with Crippen LogP contribution in [0.5, 0.6) is 5.75 Å². The summed E-state index contributed by atoms with van der Waals surface area (Å²) in [6.45, 7) is 4.33. The fourth-order valence-corrected chi connectivity index (χ4v) is 4.60. The predicted molar refractivity (Wildman–Crippen MR) is 140 cm³/mol. The molecule has 0 spiro atoms. The van der Waals surface area contributed by atoms with Crippen LogP contribution in [0.2, 0.25) is 0 Å². The van der Waals surface area contributed by atoms with E-state index in [4.69, 9.17) is 9.47 Å². The summed E-state index contributed by atoms with van der Waals surface area (Å²) < 4.78 is 11.5. The maximum absolute atomic E-state index is 13.5. The molecule has 192 valence electrons. The van der Waals surface area contributed by atoms with Gasteiger partial charge < -0.3 is 19.7 Å². The molecule has 1 aromatic heterocycles. The van der Waals surface area contributed by atoms with Crippen LogP contribution in [0.4, 0.5) is 10.5 Å². The Morgan fingerprint density at radius 3 is 2.70 bits per heavy atom. The summed E-state index contributed by atoms with van der Waals surface area (Å²) in [7, 11) is 0. The minimum absolute atomic E-state index is 0.00624. The molecule has 1 unspecified atom stereocenters. The standard InChI is InChI=1S/C29H32N4O4/c34-28(17-22-7-9-26(10-8-22)33-14-13-31-29(33)35)32(19-25-5-1-2-12-30-25)18-23-4-3-6-27(16-23)37-21-24-11-15-36-20-24/h1-10,12,16,24H,11,13-15,17-21H2,(H,31,35). The van der Waals surface area contributed by atoms with Crippen LogP contribution >= 0.6 is 0 Å². The number of pyridine rings is 1. The van der Waals surface area contributed by atoms with Crippen molar-refractivity contribution in [3.05, 3.63) is 89.7 Å². The van der Waals surface area contributed by atoms with E-state index >= 15 is 0 Å². The lowest BCUT2D eigenvalue weighted by molar-refractivity contribution is -0.131. The Labute approximate surface area is 217 Å². The van der Waals surface area contributed by atoms with Gasteiger partial charge in [-0.25, -0.2) is 4.79 Å². The molecule has 3 aromatic rings. The van der Waals surface area contributed by atoms with E-state index in [0.717, 1.165) is 47.9 Å². The van der Waals surface area contributed by atoms with Crippen molar-refractivity contribution in [3.63, 3.8) is 0 Å². The fraction of sp³-hybridized carbons (Fsp3) is 0.345. The number of anilines is 1. The van der Waals surface area contributed by atoms with Crippen molar-refractivity contribution in [3.8, 4) is 5.75 Å². The van der Waals surface area contributed by atoms with Gasteiger partial charge in [-0.1, -0.05) is 30.3 Å². The minimum Gasteiger partial charge on any atom is -0.493 e. The van der Waals surface area contributed by atoms with Gasteiger partial charge in [-0.3, -0.25) is 14.7 Å². The summed E-state index contributed by atoms with van der Waals surface area (Å²) >= 11 is 0. The summed E-state index contributed by atoms with van der Waals surface area (Å²) in [5.41, 5.74) is 3.56. The summed E-state index contributed by atoms with van der Waals surface area (Å²) in [5.74, 6) is 1.24.